The molecule has 0 aliphatic carbocycles. The second-order valence-corrected chi connectivity index (χ2v) is 9.05. The Hall–Kier alpha value is -4.07. The van der Waals surface area contributed by atoms with Crippen LogP contribution in [0.5, 0.6) is 0 Å². The van der Waals surface area contributed by atoms with Gasteiger partial charge in [0.25, 0.3) is 0 Å². The van der Waals surface area contributed by atoms with Crippen LogP contribution in [0.15, 0.2) is 77.0 Å². The molecule has 35 heavy (non-hydrogen) atoms. The molecule has 176 valence electrons. The Morgan fingerprint density at radius 3 is 2.71 bits per heavy atom. The fourth-order valence-electron chi connectivity index (χ4n) is 3.83. The molecule has 0 unspecified atom stereocenters. The van der Waals surface area contributed by atoms with Crippen LogP contribution in [-0.4, -0.2) is 45.8 Å². The van der Waals surface area contributed by atoms with Gasteiger partial charge in [-0.15, -0.1) is 0 Å². The van der Waals surface area contributed by atoms with Gasteiger partial charge in [0.15, 0.2) is 11.5 Å². The van der Waals surface area contributed by atoms with E-state index in [1.807, 2.05) is 36.4 Å². The van der Waals surface area contributed by atoms with E-state index in [0.717, 1.165) is 47.5 Å². The molecule has 10 heteroatoms. The number of imidazole rings is 1. The Kier molecular flexibility index (Phi) is 6.79. The lowest BCUT2D eigenvalue weighted by Crippen LogP contribution is -2.36. The number of aromatic nitrogens is 4. The number of nitrogen functional groups attached to an aromatic ring is 1. The summed E-state index contributed by atoms with van der Waals surface area (Å²) in [6.07, 6.45) is 3.33. The van der Waals surface area contributed by atoms with Crippen LogP contribution in [0.3, 0.4) is 0 Å². The summed E-state index contributed by atoms with van der Waals surface area (Å²) in [4.78, 5) is 16.4. The van der Waals surface area contributed by atoms with Crippen LogP contribution in [-0.2, 0) is 11.3 Å². The molecule has 0 bridgehead atoms. The van der Waals surface area contributed by atoms with Crippen molar-refractivity contribution >= 4 is 34.9 Å². The number of nitrogens with two attached hydrogens (primary N) is 1. The van der Waals surface area contributed by atoms with Crippen molar-refractivity contribution < 1.29 is 4.74 Å². The molecular weight excluding hydrogens is 460 g/mol. The molecule has 0 atom stereocenters. The fourth-order valence-corrected chi connectivity index (χ4v) is 4.69. The van der Waals surface area contributed by atoms with Crippen LogP contribution >= 0.6 is 11.8 Å². The number of rotatable bonds is 7. The topological polar surface area (TPSA) is 118 Å². The van der Waals surface area contributed by atoms with Gasteiger partial charge in [-0.05, 0) is 48.0 Å². The lowest BCUT2D eigenvalue weighted by Gasteiger charge is -2.28. The van der Waals surface area contributed by atoms with Gasteiger partial charge in [0, 0.05) is 42.1 Å². The first-order valence-electron chi connectivity index (χ1n) is 11.2. The summed E-state index contributed by atoms with van der Waals surface area (Å²) in [5.74, 6) is 0.785. The van der Waals surface area contributed by atoms with E-state index >= 15 is 0 Å². The van der Waals surface area contributed by atoms with Crippen LogP contribution < -0.4 is 16.0 Å². The second-order valence-electron chi connectivity index (χ2n) is 7.96. The lowest BCUT2D eigenvalue weighted by atomic mass is 10.2. The van der Waals surface area contributed by atoms with Crippen LogP contribution in [0.25, 0.3) is 0 Å². The summed E-state index contributed by atoms with van der Waals surface area (Å²) in [5, 5.41) is 13.4. The van der Waals surface area contributed by atoms with Crippen LogP contribution in [0.1, 0.15) is 11.3 Å². The number of nitrogens with one attached hydrogen (secondary N) is 1. The molecule has 3 heterocycles. The van der Waals surface area contributed by atoms with Gasteiger partial charge in [-0.2, -0.15) is 5.26 Å². The molecular formula is C25H24N8OS. The smallest absolute Gasteiger partial charge is 0.228 e. The van der Waals surface area contributed by atoms with Gasteiger partial charge in [0.05, 0.1) is 19.5 Å². The maximum atomic E-state index is 9.30. The number of morpholine rings is 1. The van der Waals surface area contributed by atoms with Crippen molar-refractivity contribution in [3.63, 3.8) is 0 Å². The average Bonchev–Trinajstić information content (AvgIpc) is 3.24. The van der Waals surface area contributed by atoms with E-state index in [2.05, 4.69) is 49.4 Å². The number of hydrogen-bond donors (Lipinski definition) is 2. The first kappa shape index (κ1) is 22.7. The van der Waals surface area contributed by atoms with E-state index in [0.29, 0.717) is 18.2 Å². The summed E-state index contributed by atoms with van der Waals surface area (Å²) in [7, 11) is 0. The maximum Gasteiger partial charge on any atom is 0.228 e. The van der Waals surface area contributed by atoms with Crippen molar-refractivity contribution in [1.82, 2.24) is 19.5 Å². The minimum absolute atomic E-state index is 0.245. The molecule has 1 saturated heterocycles. The van der Waals surface area contributed by atoms with Crippen molar-refractivity contribution in [2.75, 3.05) is 42.3 Å². The normalized spacial score (nSPS) is 13.4. The third-order valence-corrected chi connectivity index (χ3v) is 6.50. The molecule has 0 radical (unpaired) electrons. The van der Waals surface area contributed by atoms with Crippen molar-refractivity contribution in [1.29, 1.82) is 5.26 Å². The predicted octanol–water partition coefficient (Wildman–Crippen LogP) is 3.91. The number of nitrogens with zero attached hydrogens (tertiary/aromatic N) is 6. The zero-order chi connectivity index (χ0) is 24.0. The van der Waals surface area contributed by atoms with Gasteiger partial charge in [0.2, 0.25) is 5.95 Å². The molecule has 1 fully saturated rings. The minimum Gasteiger partial charge on any atom is -0.381 e. The third-order valence-electron chi connectivity index (χ3n) is 5.58. The van der Waals surface area contributed by atoms with Crippen molar-refractivity contribution in [3.05, 3.63) is 78.4 Å². The van der Waals surface area contributed by atoms with E-state index < -0.39 is 0 Å². The lowest BCUT2D eigenvalue weighted by molar-refractivity contribution is 0.122. The molecule has 3 N–H and O–H groups in total. The molecule has 0 amide bonds. The van der Waals surface area contributed by atoms with E-state index in [-0.39, 0.29) is 5.82 Å². The molecule has 0 saturated carbocycles. The highest BCUT2D eigenvalue weighted by atomic mass is 32.2. The standard InChI is InChI=1S/C25H24N8OS/c26-15-22-24(27)29-17-33(22)16-18-2-1-3-21(14-18)35-23-8-9-28-25(31-23)30-19-4-6-20(7-5-19)32-10-12-34-13-11-32/h1-9,14,17H,10-13,16,27H2,(H,28,30,31). The van der Waals surface area contributed by atoms with Crippen molar-refractivity contribution in [2.24, 2.45) is 0 Å². The molecule has 1 aliphatic rings. The van der Waals surface area contributed by atoms with Gasteiger partial charge < -0.3 is 25.3 Å². The number of ether oxygens (including phenoxy) is 1. The first-order chi connectivity index (χ1) is 17.2. The molecule has 0 spiro atoms. The number of benzene rings is 2. The van der Waals surface area contributed by atoms with E-state index in [1.165, 1.54) is 5.69 Å². The summed E-state index contributed by atoms with van der Waals surface area (Å²) >= 11 is 1.55. The Labute approximate surface area is 207 Å². The first-order valence-corrected chi connectivity index (χ1v) is 12.0. The maximum absolute atomic E-state index is 9.30. The highest BCUT2D eigenvalue weighted by Crippen LogP contribution is 2.28. The van der Waals surface area contributed by atoms with Gasteiger partial charge in [0.1, 0.15) is 11.1 Å². The molecule has 1 aliphatic heterocycles. The molecule has 4 aromatic rings. The SMILES string of the molecule is N#Cc1c(N)ncn1Cc1cccc(Sc2ccnc(Nc3ccc(N4CCOCC4)cc3)n2)c1. The Morgan fingerprint density at radius 2 is 1.91 bits per heavy atom. The monoisotopic (exact) mass is 484 g/mol. The molecule has 2 aromatic heterocycles. The number of anilines is 4. The quantitative estimate of drug-likeness (QED) is 0.376. The number of nitriles is 1. The Morgan fingerprint density at radius 1 is 1.09 bits per heavy atom. The molecule has 5 rings (SSSR count). The van der Waals surface area contributed by atoms with Gasteiger partial charge >= 0.3 is 0 Å². The highest BCUT2D eigenvalue weighted by Gasteiger charge is 2.11. The Bertz CT molecular complexity index is 1340. The predicted molar refractivity (Wildman–Crippen MR) is 136 cm³/mol. The zero-order valence-electron chi connectivity index (χ0n) is 19.0. The van der Waals surface area contributed by atoms with E-state index in [1.54, 1.807) is 28.9 Å². The molecule has 2 aromatic carbocycles. The largest absolute Gasteiger partial charge is 0.381 e. The zero-order valence-corrected chi connectivity index (χ0v) is 19.8. The number of hydrogen-bond acceptors (Lipinski definition) is 9. The van der Waals surface area contributed by atoms with Crippen LogP contribution in [0, 0.1) is 11.3 Å². The van der Waals surface area contributed by atoms with Gasteiger partial charge in [-0.3, -0.25) is 0 Å². The van der Waals surface area contributed by atoms with Crippen molar-refractivity contribution in [2.45, 2.75) is 16.5 Å². The fraction of sp³-hybridized carbons (Fsp3) is 0.200. The van der Waals surface area contributed by atoms with Crippen molar-refractivity contribution in [3.8, 4) is 6.07 Å². The molecule has 9 nitrogen and oxygen atoms in total. The van der Waals surface area contributed by atoms with E-state index in [9.17, 15) is 5.26 Å². The summed E-state index contributed by atoms with van der Waals surface area (Å²) in [6.45, 7) is 3.86. The van der Waals surface area contributed by atoms with Crippen LogP contribution in [0.2, 0.25) is 0 Å². The summed E-state index contributed by atoms with van der Waals surface area (Å²) in [5.41, 5.74) is 9.28. The second kappa shape index (κ2) is 10.5. The Balaban J connectivity index is 1.25. The van der Waals surface area contributed by atoms with E-state index in [4.69, 9.17) is 10.5 Å². The average molecular weight is 485 g/mol. The minimum atomic E-state index is 0.245. The summed E-state index contributed by atoms with van der Waals surface area (Å²) in [6, 6.07) is 20.4. The van der Waals surface area contributed by atoms with Gasteiger partial charge in [-0.25, -0.2) is 15.0 Å². The van der Waals surface area contributed by atoms with Crippen LogP contribution in [0.4, 0.5) is 23.1 Å². The third kappa shape index (κ3) is 5.54. The highest BCUT2D eigenvalue weighted by molar-refractivity contribution is 7.99. The summed E-state index contributed by atoms with van der Waals surface area (Å²) < 4.78 is 7.17. The van der Waals surface area contributed by atoms with Gasteiger partial charge in [-0.1, -0.05) is 23.9 Å².